The van der Waals surface area contributed by atoms with Gasteiger partial charge in [0.25, 0.3) is 11.8 Å². The van der Waals surface area contributed by atoms with Gasteiger partial charge in [-0.1, -0.05) is 12.1 Å². The van der Waals surface area contributed by atoms with Gasteiger partial charge in [-0.15, -0.1) is 0 Å². The molecule has 0 unspecified atom stereocenters. The highest BCUT2D eigenvalue weighted by atomic mass is 16.5. The first-order valence-electron chi connectivity index (χ1n) is 12.2. The minimum absolute atomic E-state index is 0.305. The Kier molecular flexibility index (Phi) is 9.75. The van der Waals surface area contributed by atoms with Gasteiger partial charge in [0.15, 0.2) is 11.5 Å². The molecule has 9 nitrogen and oxygen atoms in total. The summed E-state index contributed by atoms with van der Waals surface area (Å²) in [5, 5.41) is 12.5. The summed E-state index contributed by atoms with van der Waals surface area (Å²) in [6, 6.07) is 10.0. The summed E-state index contributed by atoms with van der Waals surface area (Å²) in [5.41, 5.74) is 1.41. The number of ether oxygens (including phenoxy) is 3. The average Bonchev–Trinajstić information content (AvgIpc) is 3.11. The Bertz CT molecular complexity index is 1060. The zero-order chi connectivity index (χ0) is 26.2. The van der Waals surface area contributed by atoms with Gasteiger partial charge >= 0.3 is 7.05 Å². The zero-order valence-corrected chi connectivity index (χ0v) is 21.7. The van der Waals surface area contributed by atoms with Crippen LogP contribution in [0.25, 0.3) is 0 Å². The molecule has 36 heavy (non-hydrogen) atoms. The van der Waals surface area contributed by atoms with Crippen molar-refractivity contribution in [1.29, 1.82) is 0 Å². The van der Waals surface area contributed by atoms with E-state index in [1.54, 1.807) is 51.4 Å². The summed E-state index contributed by atoms with van der Waals surface area (Å²) in [4.78, 5) is 30.6. The van der Waals surface area contributed by atoms with Gasteiger partial charge in [-0.3, -0.25) is 14.5 Å². The number of hydrogen-bond acceptors (Lipinski definition) is 8. The second kappa shape index (κ2) is 12.8. The molecular weight excluding hydrogens is 461 g/mol. The first kappa shape index (κ1) is 27.5. The molecule has 2 N–H and O–H groups in total. The second-order valence-electron chi connectivity index (χ2n) is 9.07. The molecule has 10 heteroatoms. The van der Waals surface area contributed by atoms with Crippen LogP contribution >= 0.6 is 0 Å². The van der Waals surface area contributed by atoms with Gasteiger partial charge in [0, 0.05) is 6.54 Å². The molecule has 3 rings (SSSR count). The van der Waals surface area contributed by atoms with E-state index in [0.717, 1.165) is 18.5 Å². The molecule has 1 atom stereocenters. The first-order chi connectivity index (χ1) is 17.3. The number of benzene rings is 2. The van der Waals surface area contributed by atoms with E-state index >= 15 is 0 Å². The highest BCUT2D eigenvalue weighted by Crippen LogP contribution is 2.40. The third-order valence-corrected chi connectivity index (χ3v) is 6.11. The summed E-state index contributed by atoms with van der Waals surface area (Å²) in [5.74, 6) is 0.780. The molecule has 0 aliphatic carbocycles. The fourth-order valence-electron chi connectivity index (χ4n) is 4.35. The third-order valence-electron chi connectivity index (χ3n) is 6.11. The van der Waals surface area contributed by atoms with Gasteiger partial charge in [0.05, 0.1) is 38.0 Å². The van der Waals surface area contributed by atoms with Crippen molar-refractivity contribution < 1.29 is 28.8 Å². The summed E-state index contributed by atoms with van der Waals surface area (Å²) >= 11 is 0. The molecule has 1 aliphatic heterocycles. The molecule has 0 saturated heterocycles. The number of methoxy groups -OCH3 is 2. The smallest absolute Gasteiger partial charge is 0.373 e. The second-order valence-corrected chi connectivity index (χ2v) is 9.07. The molecule has 0 saturated carbocycles. The highest BCUT2D eigenvalue weighted by Gasteiger charge is 2.42. The Morgan fingerprint density at radius 1 is 1.03 bits per heavy atom. The maximum absolute atomic E-state index is 13.7. The van der Waals surface area contributed by atoms with Gasteiger partial charge in [-0.05, 0) is 76.6 Å². The SMILES string of the molecule is COc1ccc([C@@H](CCCNB(C)O)N2C(=O)c3cccc(OCCCN(C)C)c3C2=O)cc1OC. The van der Waals surface area contributed by atoms with Gasteiger partial charge in [-0.25, -0.2) is 0 Å². The molecular formula is C26H36BN3O6. The topological polar surface area (TPSA) is 101 Å². The summed E-state index contributed by atoms with van der Waals surface area (Å²) in [7, 11) is 6.44. The Morgan fingerprint density at radius 2 is 1.78 bits per heavy atom. The van der Waals surface area contributed by atoms with Crippen molar-refractivity contribution in [1.82, 2.24) is 15.0 Å². The average molecular weight is 497 g/mol. The van der Waals surface area contributed by atoms with Gasteiger partial charge in [-0.2, -0.15) is 0 Å². The number of hydrogen-bond donors (Lipinski definition) is 2. The quantitative estimate of drug-likeness (QED) is 0.234. The van der Waals surface area contributed by atoms with Crippen molar-refractivity contribution in [3.05, 3.63) is 53.1 Å². The van der Waals surface area contributed by atoms with E-state index in [1.165, 1.54) is 4.90 Å². The molecule has 0 fully saturated rings. The Morgan fingerprint density at radius 3 is 2.44 bits per heavy atom. The Labute approximate surface area is 213 Å². The normalized spacial score (nSPS) is 13.7. The van der Waals surface area contributed by atoms with Crippen LogP contribution < -0.4 is 19.4 Å². The maximum atomic E-state index is 13.7. The fourth-order valence-corrected chi connectivity index (χ4v) is 4.35. The predicted octanol–water partition coefficient (Wildman–Crippen LogP) is 2.85. The minimum Gasteiger partial charge on any atom is -0.493 e. The molecule has 0 spiro atoms. The maximum Gasteiger partial charge on any atom is 0.373 e. The molecule has 1 aliphatic rings. The summed E-state index contributed by atoms with van der Waals surface area (Å²) in [6.07, 6.45) is 1.93. The van der Waals surface area contributed by atoms with Crippen LogP contribution in [-0.2, 0) is 0 Å². The lowest BCUT2D eigenvalue weighted by atomic mass is 9.88. The Hall–Kier alpha value is -3.08. The van der Waals surface area contributed by atoms with Crippen LogP contribution in [0.5, 0.6) is 17.2 Å². The standard InChI is InChI=1S/C26H36BN3O6/c1-27(33)28-14-7-10-20(18-12-13-21(34-4)23(17-18)35-5)30-25(31)19-9-6-11-22(24(19)26(30)32)36-16-8-15-29(2)3/h6,9,11-13,17,20,28,33H,7-8,10,14-16H2,1-5H3/t20-/m1/s1. The van der Waals surface area contributed by atoms with Crippen LogP contribution in [0, 0.1) is 0 Å². The van der Waals surface area contributed by atoms with Crippen LogP contribution in [0.3, 0.4) is 0 Å². The third kappa shape index (κ3) is 6.37. The van der Waals surface area contributed by atoms with Crippen molar-refractivity contribution in [3.63, 3.8) is 0 Å². The van der Waals surface area contributed by atoms with Crippen molar-refractivity contribution in [3.8, 4) is 17.2 Å². The van der Waals surface area contributed by atoms with E-state index in [1.807, 2.05) is 20.2 Å². The van der Waals surface area contributed by atoms with E-state index in [-0.39, 0.29) is 11.8 Å². The van der Waals surface area contributed by atoms with Crippen LogP contribution in [0.1, 0.15) is 51.6 Å². The van der Waals surface area contributed by atoms with Gasteiger partial charge < -0.3 is 29.4 Å². The molecule has 0 radical (unpaired) electrons. The molecule has 194 valence electrons. The van der Waals surface area contributed by atoms with E-state index in [9.17, 15) is 14.6 Å². The van der Waals surface area contributed by atoms with Gasteiger partial charge in [0.2, 0.25) is 0 Å². The van der Waals surface area contributed by atoms with Crippen LogP contribution in [0.15, 0.2) is 36.4 Å². The highest BCUT2D eigenvalue weighted by molar-refractivity contribution is 6.45. The number of carbonyl (C=O) groups is 2. The number of fused-ring (bicyclic) bond motifs is 1. The summed E-state index contributed by atoms with van der Waals surface area (Å²) in [6.45, 7) is 3.48. The number of nitrogens with zero attached hydrogens (tertiary/aromatic N) is 2. The molecule has 2 amide bonds. The van der Waals surface area contributed by atoms with Crippen molar-refractivity contribution >= 4 is 18.9 Å². The first-order valence-corrected chi connectivity index (χ1v) is 12.2. The predicted molar refractivity (Wildman–Crippen MR) is 139 cm³/mol. The molecule has 2 aromatic rings. The monoisotopic (exact) mass is 497 g/mol. The lowest BCUT2D eigenvalue weighted by molar-refractivity contribution is 0.0571. The van der Waals surface area contributed by atoms with Crippen LogP contribution in [0.4, 0.5) is 0 Å². The zero-order valence-electron chi connectivity index (χ0n) is 21.7. The molecule has 2 aromatic carbocycles. The van der Waals surface area contributed by atoms with Crippen LogP contribution in [-0.4, -0.2) is 81.7 Å². The van der Waals surface area contributed by atoms with E-state index in [4.69, 9.17) is 14.2 Å². The van der Waals surface area contributed by atoms with Crippen LogP contribution in [0.2, 0.25) is 6.82 Å². The minimum atomic E-state index is -0.643. The number of imide groups is 1. The van der Waals surface area contributed by atoms with E-state index in [0.29, 0.717) is 54.4 Å². The lowest BCUT2D eigenvalue weighted by Gasteiger charge is -2.27. The number of rotatable bonds is 14. The fraction of sp³-hybridized carbons (Fsp3) is 0.462. The van der Waals surface area contributed by atoms with Crippen molar-refractivity contribution in [2.45, 2.75) is 32.1 Å². The largest absolute Gasteiger partial charge is 0.493 e. The molecule has 0 aromatic heterocycles. The van der Waals surface area contributed by atoms with Crippen molar-refractivity contribution in [2.75, 3.05) is 48.0 Å². The Balaban J connectivity index is 1.91. The molecule has 1 heterocycles. The van der Waals surface area contributed by atoms with E-state index < -0.39 is 13.1 Å². The number of nitrogens with one attached hydrogen (secondary N) is 1. The van der Waals surface area contributed by atoms with Crippen molar-refractivity contribution in [2.24, 2.45) is 0 Å². The number of carbonyl (C=O) groups excluding carboxylic acids is 2. The van der Waals surface area contributed by atoms with Gasteiger partial charge in [0.1, 0.15) is 5.75 Å². The molecule has 0 bridgehead atoms. The lowest BCUT2D eigenvalue weighted by Crippen LogP contribution is -2.35. The summed E-state index contributed by atoms with van der Waals surface area (Å²) < 4.78 is 16.8. The van der Waals surface area contributed by atoms with E-state index in [2.05, 4.69) is 10.1 Å². The number of amides is 2.